The molecule has 0 N–H and O–H groups in total. The molecule has 0 spiro atoms. The van der Waals surface area contributed by atoms with Crippen LogP contribution in [0.3, 0.4) is 0 Å². The number of furan rings is 1. The standard InChI is InChI=1S/C25H25NO/c1-14-13-26-22-18-12-11-17-16-9-7-8-10-19(16)27-23(17)21(18)25(5,6)24(3,4)20(22)15(14)2/h7-13H,1-6H3/i1D3,2D3. The molecule has 136 valence electrons. The van der Waals surface area contributed by atoms with Gasteiger partial charge in [0.05, 0.1) is 5.69 Å². The molecule has 0 radical (unpaired) electrons. The fourth-order valence-electron chi connectivity index (χ4n) is 4.56. The van der Waals surface area contributed by atoms with Crippen molar-refractivity contribution in [2.75, 3.05) is 0 Å². The lowest BCUT2D eigenvalue weighted by molar-refractivity contribution is 0.296. The van der Waals surface area contributed by atoms with Crippen molar-refractivity contribution in [2.24, 2.45) is 0 Å². The maximum atomic E-state index is 8.27. The molecule has 0 saturated heterocycles. The number of rotatable bonds is 0. The van der Waals surface area contributed by atoms with Crippen molar-refractivity contribution in [3.05, 3.63) is 64.8 Å². The monoisotopic (exact) mass is 361 g/mol. The molecule has 0 amide bonds. The van der Waals surface area contributed by atoms with Crippen molar-refractivity contribution in [3.8, 4) is 11.3 Å². The van der Waals surface area contributed by atoms with Gasteiger partial charge < -0.3 is 4.42 Å². The topological polar surface area (TPSA) is 26.0 Å². The molecule has 2 nitrogen and oxygen atoms in total. The normalized spacial score (nSPS) is 21.3. The SMILES string of the molecule is [2H]C([2H])([2H])c1cnc2c(c1C([2H])([2H])[2H])C(C)(C)C(C)(C)c1c-2ccc2c1oc1ccccc12. The molecule has 2 aromatic heterocycles. The summed E-state index contributed by atoms with van der Waals surface area (Å²) in [7, 11) is 0. The summed E-state index contributed by atoms with van der Waals surface area (Å²) < 4.78 is 55.1. The highest BCUT2D eigenvalue weighted by molar-refractivity contribution is 6.08. The van der Waals surface area contributed by atoms with E-state index in [9.17, 15) is 0 Å². The second-order valence-electron chi connectivity index (χ2n) is 8.48. The fraction of sp³-hybridized carbons (Fsp3) is 0.320. The van der Waals surface area contributed by atoms with E-state index in [0.717, 1.165) is 33.1 Å². The van der Waals surface area contributed by atoms with Crippen molar-refractivity contribution in [2.45, 2.75) is 52.2 Å². The van der Waals surface area contributed by atoms with Crippen LogP contribution in [0, 0.1) is 13.7 Å². The van der Waals surface area contributed by atoms with Crippen molar-refractivity contribution in [3.63, 3.8) is 0 Å². The Bertz CT molecular complexity index is 1440. The first-order chi connectivity index (χ1) is 15.2. The summed E-state index contributed by atoms with van der Waals surface area (Å²) in [4.78, 5) is 4.57. The molecule has 2 heteroatoms. The Morgan fingerprint density at radius 3 is 2.44 bits per heavy atom. The molecule has 0 unspecified atom stereocenters. The maximum absolute atomic E-state index is 8.27. The molecule has 1 aliphatic rings. The third-order valence-corrected chi connectivity index (χ3v) is 6.69. The molecular weight excluding hydrogens is 330 g/mol. The zero-order valence-electron chi connectivity index (χ0n) is 21.9. The van der Waals surface area contributed by atoms with Crippen LogP contribution in [0.1, 0.15) is 58.2 Å². The van der Waals surface area contributed by atoms with Crippen LogP contribution in [-0.4, -0.2) is 4.98 Å². The average Bonchev–Trinajstić information content (AvgIpc) is 3.08. The first kappa shape index (κ1) is 11.3. The number of nitrogens with zero attached hydrogens (tertiary/aromatic N) is 1. The molecule has 0 atom stereocenters. The van der Waals surface area contributed by atoms with Gasteiger partial charge in [0, 0.05) is 47.2 Å². The highest BCUT2D eigenvalue weighted by Gasteiger charge is 2.49. The molecule has 1 aliphatic carbocycles. The van der Waals surface area contributed by atoms with E-state index in [1.807, 2.05) is 50.2 Å². The quantitative estimate of drug-likeness (QED) is 0.343. The molecule has 27 heavy (non-hydrogen) atoms. The number of fused-ring (bicyclic) bond motifs is 7. The summed E-state index contributed by atoms with van der Waals surface area (Å²) in [5.74, 6) is 0. The van der Waals surface area contributed by atoms with Gasteiger partial charge in [-0.1, -0.05) is 52.0 Å². The van der Waals surface area contributed by atoms with Gasteiger partial charge in [-0.3, -0.25) is 4.98 Å². The van der Waals surface area contributed by atoms with Crippen LogP contribution in [-0.2, 0) is 10.8 Å². The van der Waals surface area contributed by atoms with E-state index in [1.54, 1.807) is 0 Å². The molecular formula is C25H25NO. The number of aromatic nitrogens is 1. The zero-order valence-corrected chi connectivity index (χ0v) is 15.9. The summed E-state index contributed by atoms with van der Waals surface area (Å²) >= 11 is 0. The second-order valence-corrected chi connectivity index (χ2v) is 8.48. The highest BCUT2D eigenvalue weighted by Crippen LogP contribution is 2.56. The van der Waals surface area contributed by atoms with Gasteiger partial charge in [-0.25, -0.2) is 0 Å². The van der Waals surface area contributed by atoms with Crippen molar-refractivity contribution < 1.29 is 12.6 Å². The van der Waals surface area contributed by atoms with Crippen LogP contribution >= 0.6 is 0 Å². The Kier molecular flexibility index (Phi) is 2.09. The molecule has 0 saturated carbocycles. The van der Waals surface area contributed by atoms with Crippen LogP contribution in [0.5, 0.6) is 0 Å². The summed E-state index contributed by atoms with van der Waals surface area (Å²) in [6.45, 7) is 2.87. The van der Waals surface area contributed by atoms with Crippen LogP contribution in [0.25, 0.3) is 33.2 Å². The van der Waals surface area contributed by atoms with Crippen molar-refractivity contribution in [1.29, 1.82) is 0 Å². The summed E-state index contributed by atoms with van der Waals surface area (Å²) in [6.07, 6.45) is 1.22. The Balaban J connectivity index is 1.99. The van der Waals surface area contributed by atoms with E-state index >= 15 is 0 Å². The molecule has 0 bridgehead atoms. The van der Waals surface area contributed by atoms with Crippen LogP contribution < -0.4 is 0 Å². The minimum atomic E-state index is -2.61. The van der Waals surface area contributed by atoms with Crippen molar-refractivity contribution >= 4 is 21.9 Å². The van der Waals surface area contributed by atoms with E-state index in [4.69, 9.17) is 12.6 Å². The van der Waals surface area contributed by atoms with Gasteiger partial charge in [0.1, 0.15) is 11.2 Å². The minimum absolute atomic E-state index is 0.110. The zero-order chi connectivity index (χ0) is 24.1. The predicted octanol–water partition coefficient (Wildman–Crippen LogP) is 6.83. The van der Waals surface area contributed by atoms with Gasteiger partial charge in [0.2, 0.25) is 0 Å². The maximum Gasteiger partial charge on any atom is 0.139 e. The largest absolute Gasteiger partial charge is 0.456 e. The van der Waals surface area contributed by atoms with Crippen molar-refractivity contribution in [1.82, 2.24) is 4.98 Å². The fourth-order valence-corrected chi connectivity index (χ4v) is 4.56. The first-order valence-electron chi connectivity index (χ1n) is 12.2. The van der Waals surface area contributed by atoms with Crippen LogP contribution in [0.15, 0.2) is 47.0 Å². The molecule has 0 fully saturated rings. The van der Waals surface area contributed by atoms with Gasteiger partial charge in [0.15, 0.2) is 0 Å². The summed E-state index contributed by atoms with van der Waals surface area (Å²) in [6, 6.07) is 11.8. The lowest BCUT2D eigenvalue weighted by atomic mass is 9.55. The van der Waals surface area contributed by atoms with E-state index in [-0.39, 0.29) is 11.1 Å². The number of hydrogen-bond acceptors (Lipinski definition) is 2. The van der Waals surface area contributed by atoms with E-state index in [0.29, 0.717) is 11.3 Å². The van der Waals surface area contributed by atoms with E-state index < -0.39 is 24.5 Å². The third-order valence-electron chi connectivity index (χ3n) is 6.69. The number of benzene rings is 2. The molecule has 2 aromatic carbocycles. The average molecular weight is 362 g/mol. The number of para-hydroxylation sites is 1. The van der Waals surface area contributed by atoms with E-state index in [2.05, 4.69) is 18.8 Å². The number of pyridine rings is 1. The summed E-state index contributed by atoms with van der Waals surface area (Å²) in [5, 5.41) is 2.01. The summed E-state index contributed by atoms with van der Waals surface area (Å²) in [5.41, 5.74) is 2.61. The van der Waals surface area contributed by atoms with Gasteiger partial charge in [-0.15, -0.1) is 0 Å². The van der Waals surface area contributed by atoms with Crippen LogP contribution in [0.4, 0.5) is 0 Å². The van der Waals surface area contributed by atoms with Gasteiger partial charge >= 0.3 is 0 Å². The Morgan fingerprint density at radius 1 is 0.889 bits per heavy atom. The lowest BCUT2D eigenvalue weighted by Crippen LogP contribution is -2.44. The highest BCUT2D eigenvalue weighted by atomic mass is 16.3. The van der Waals surface area contributed by atoms with Crippen LogP contribution in [0.2, 0.25) is 0 Å². The Hall–Kier alpha value is -2.61. The Labute approximate surface area is 168 Å². The lowest BCUT2D eigenvalue weighted by Gasteiger charge is -2.48. The van der Waals surface area contributed by atoms with Gasteiger partial charge in [0.25, 0.3) is 0 Å². The second kappa shape index (κ2) is 5.01. The third kappa shape index (κ3) is 1.88. The Morgan fingerprint density at radius 2 is 1.67 bits per heavy atom. The first-order valence-corrected chi connectivity index (χ1v) is 9.17. The molecule has 2 heterocycles. The number of hydrogen-bond donors (Lipinski definition) is 0. The molecule has 4 aromatic rings. The molecule has 5 rings (SSSR count). The van der Waals surface area contributed by atoms with Gasteiger partial charge in [-0.05, 0) is 42.5 Å². The minimum Gasteiger partial charge on any atom is -0.456 e. The predicted molar refractivity (Wildman–Crippen MR) is 112 cm³/mol. The smallest absolute Gasteiger partial charge is 0.139 e. The number of aryl methyl sites for hydroxylation is 1. The van der Waals surface area contributed by atoms with E-state index in [1.165, 1.54) is 6.20 Å². The molecule has 0 aliphatic heterocycles. The van der Waals surface area contributed by atoms with Gasteiger partial charge in [-0.2, -0.15) is 0 Å².